The smallest absolute Gasteiger partial charge is 0.349 e. The summed E-state index contributed by atoms with van der Waals surface area (Å²) in [6.07, 6.45) is 0. The number of aromatic carboxylic acids is 1. The molecule has 0 fully saturated rings. The normalized spacial score (nSPS) is 10.3. The van der Waals surface area contributed by atoms with Crippen molar-refractivity contribution in [1.82, 2.24) is 0 Å². The summed E-state index contributed by atoms with van der Waals surface area (Å²) < 4.78 is 10.2. The van der Waals surface area contributed by atoms with Crippen LogP contribution in [0.2, 0.25) is 0 Å². The summed E-state index contributed by atoms with van der Waals surface area (Å²) in [6, 6.07) is 6.51. The van der Waals surface area contributed by atoms with Gasteiger partial charge in [0.25, 0.3) is 0 Å². The van der Waals surface area contributed by atoms with Gasteiger partial charge in [0, 0.05) is 10.4 Å². The van der Waals surface area contributed by atoms with E-state index in [0.29, 0.717) is 21.8 Å². The number of carboxylic acid groups (broad SMARTS) is 3. The van der Waals surface area contributed by atoms with Gasteiger partial charge in [-0.05, 0) is 24.6 Å². The van der Waals surface area contributed by atoms with Gasteiger partial charge in [0.05, 0.1) is 0 Å². The minimum absolute atomic E-state index is 0.00626. The summed E-state index contributed by atoms with van der Waals surface area (Å²) in [7, 11) is 0. The molecule has 9 heteroatoms. The van der Waals surface area contributed by atoms with Gasteiger partial charge in [0.15, 0.2) is 18.1 Å². The molecule has 0 atom stereocenters. The molecular weight excluding hydrogens is 352 g/mol. The second-order valence-corrected chi connectivity index (χ2v) is 5.93. The summed E-state index contributed by atoms with van der Waals surface area (Å²) in [6.45, 7) is 0.472. The van der Waals surface area contributed by atoms with Crippen molar-refractivity contribution in [3.63, 3.8) is 0 Å². The van der Waals surface area contributed by atoms with E-state index in [1.54, 1.807) is 31.2 Å². The van der Waals surface area contributed by atoms with Crippen molar-refractivity contribution < 1.29 is 39.2 Å². The van der Waals surface area contributed by atoms with E-state index >= 15 is 0 Å². The molecule has 0 aliphatic heterocycles. The molecule has 2 rings (SSSR count). The molecule has 0 radical (unpaired) electrons. The van der Waals surface area contributed by atoms with Crippen LogP contribution in [0.25, 0.3) is 10.4 Å². The van der Waals surface area contributed by atoms with Crippen molar-refractivity contribution in [3.05, 3.63) is 34.7 Å². The zero-order valence-electron chi connectivity index (χ0n) is 13.0. The van der Waals surface area contributed by atoms with Crippen LogP contribution in [0, 0.1) is 6.92 Å². The van der Waals surface area contributed by atoms with Gasteiger partial charge in [-0.3, -0.25) is 0 Å². The van der Waals surface area contributed by atoms with E-state index in [-0.39, 0.29) is 10.6 Å². The van der Waals surface area contributed by atoms with Gasteiger partial charge in [0.2, 0.25) is 0 Å². The molecule has 3 N–H and O–H groups in total. The summed E-state index contributed by atoms with van der Waals surface area (Å²) in [4.78, 5) is 33.1. The van der Waals surface area contributed by atoms with E-state index in [1.807, 2.05) is 0 Å². The van der Waals surface area contributed by atoms with Crippen LogP contribution in [-0.4, -0.2) is 46.4 Å². The molecular formula is C16H14O8S. The first-order valence-corrected chi connectivity index (χ1v) is 7.77. The summed E-state index contributed by atoms with van der Waals surface area (Å²) in [5.41, 5.74) is 1.09. The number of carboxylic acids is 3. The highest BCUT2D eigenvalue weighted by molar-refractivity contribution is 7.18. The third kappa shape index (κ3) is 4.48. The Kier molecular flexibility index (Phi) is 5.60. The SMILES string of the molecule is Cc1c(-c2cccc(OCC(=O)O)c2)sc(C(=O)O)c1OCC(=O)O. The number of aliphatic carboxylic acids is 2. The van der Waals surface area contributed by atoms with Crippen LogP contribution in [0.5, 0.6) is 11.5 Å². The molecule has 132 valence electrons. The summed E-state index contributed by atoms with van der Waals surface area (Å²) in [5.74, 6) is -3.23. The maximum Gasteiger partial charge on any atom is 0.349 e. The van der Waals surface area contributed by atoms with Gasteiger partial charge in [-0.1, -0.05) is 12.1 Å². The van der Waals surface area contributed by atoms with E-state index in [9.17, 15) is 19.5 Å². The van der Waals surface area contributed by atoms with Gasteiger partial charge in [-0.25, -0.2) is 14.4 Å². The highest BCUT2D eigenvalue weighted by Crippen LogP contribution is 2.42. The Hall–Kier alpha value is -3.07. The first-order chi connectivity index (χ1) is 11.8. The van der Waals surface area contributed by atoms with E-state index in [4.69, 9.17) is 19.7 Å². The van der Waals surface area contributed by atoms with Crippen molar-refractivity contribution in [2.75, 3.05) is 13.2 Å². The lowest BCUT2D eigenvalue weighted by Crippen LogP contribution is -2.11. The molecule has 0 saturated carbocycles. The maximum absolute atomic E-state index is 11.4. The Morgan fingerprint density at radius 1 is 1.04 bits per heavy atom. The van der Waals surface area contributed by atoms with Crippen LogP contribution in [-0.2, 0) is 9.59 Å². The molecule has 2 aromatic rings. The molecule has 0 saturated heterocycles. The summed E-state index contributed by atoms with van der Waals surface area (Å²) in [5, 5.41) is 26.7. The Bertz CT molecular complexity index is 824. The Balaban J connectivity index is 2.40. The topological polar surface area (TPSA) is 130 Å². The van der Waals surface area contributed by atoms with Crippen molar-refractivity contribution in [1.29, 1.82) is 0 Å². The Labute approximate surface area is 145 Å². The quantitative estimate of drug-likeness (QED) is 0.649. The van der Waals surface area contributed by atoms with E-state index in [1.165, 1.54) is 0 Å². The minimum Gasteiger partial charge on any atom is -0.482 e. The number of hydrogen-bond donors (Lipinski definition) is 3. The van der Waals surface area contributed by atoms with Crippen molar-refractivity contribution in [3.8, 4) is 21.9 Å². The second kappa shape index (κ2) is 7.67. The average molecular weight is 366 g/mol. The number of ether oxygens (including phenoxy) is 2. The van der Waals surface area contributed by atoms with Crippen molar-refractivity contribution >= 4 is 29.2 Å². The fourth-order valence-corrected chi connectivity index (χ4v) is 3.18. The molecule has 25 heavy (non-hydrogen) atoms. The third-order valence-electron chi connectivity index (χ3n) is 3.08. The number of rotatable bonds is 8. The van der Waals surface area contributed by atoms with E-state index in [2.05, 4.69) is 0 Å². The summed E-state index contributed by atoms with van der Waals surface area (Å²) >= 11 is 0.943. The van der Waals surface area contributed by atoms with Crippen LogP contribution in [0.1, 0.15) is 15.2 Å². The van der Waals surface area contributed by atoms with Crippen molar-refractivity contribution in [2.45, 2.75) is 6.92 Å². The number of hydrogen-bond acceptors (Lipinski definition) is 6. The lowest BCUT2D eigenvalue weighted by atomic mass is 10.1. The van der Waals surface area contributed by atoms with Crippen LogP contribution in [0.15, 0.2) is 24.3 Å². The molecule has 0 bridgehead atoms. The molecule has 8 nitrogen and oxygen atoms in total. The lowest BCUT2D eigenvalue weighted by molar-refractivity contribution is -0.140. The minimum atomic E-state index is -1.22. The monoisotopic (exact) mass is 366 g/mol. The first kappa shape index (κ1) is 18.3. The maximum atomic E-state index is 11.4. The molecule has 0 aliphatic rings. The lowest BCUT2D eigenvalue weighted by Gasteiger charge is -2.07. The molecule has 0 aliphatic carbocycles. The average Bonchev–Trinajstić information content (AvgIpc) is 2.88. The predicted molar refractivity (Wildman–Crippen MR) is 87.7 cm³/mol. The fraction of sp³-hybridized carbons (Fsp3) is 0.188. The standard InChI is InChI=1S/C16H14O8S/c1-8-13(24-7-12(19)20)15(16(21)22)25-14(8)9-3-2-4-10(5-9)23-6-11(17)18/h2-5H,6-7H2,1H3,(H,17,18)(H,19,20)(H,21,22). The molecule has 0 amide bonds. The van der Waals surface area contributed by atoms with Gasteiger partial charge in [0.1, 0.15) is 11.5 Å². The Morgan fingerprint density at radius 2 is 1.68 bits per heavy atom. The predicted octanol–water partition coefficient (Wildman–Crippen LogP) is 2.35. The number of benzene rings is 1. The zero-order valence-corrected chi connectivity index (χ0v) is 13.8. The van der Waals surface area contributed by atoms with Gasteiger partial charge in [-0.15, -0.1) is 11.3 Å². The van der Waals surface area contributed by atoms with E-state index in [0.717, 1.165) is 11.3 Å². The highest BCUT2D eigenvalue weighted by atomic mass is 32.1. The second-order valence-electron chi connectivity index (χ2n) is 4.91. The number of thiophene rings is 1. The van der Waals surface area contributed by atoms with E-state index < -0.39 is 31.1 Å². The number of carbonyl (C=O) groups is 3. The first-order valence-electron chi connectivity index (χ1n) is 6.96. The van der Waals surface area contributed by atoms with Gasteiger partial charge in [-0.2, -0.15) is 0 Å². The largest absolute Gasteiger partial charge is 0.482 e. The van der Waals surface area contributed by atoms with Crippen LogP contribution >= 0.6 is 11.3 Å². The zero-order chi connectivity index (χ0) is 18.6. The van der Waals surface area contributed by atoms with Crippen molar-refractivity contribution in [2.24, 2.45) is 0 Å². The fourth-order valence-electron chi connectivity index (χ4n) is 2.09. The molecule has 1 aromatic carbocycles. The van der Waals surface area contributed by atoms with Crippen LogP contribution < -0.4 is 9.47 Å². The Morgan fingerprint density at radius 3 is 2.28 bits per heavy atom. The third-order valence-corrected chi connectivity index (χ3v) is 4.39. The van der Waals surface area contributed by atoms with Gasteiger partial charge < -0.3 is 24.8 Å². The van der Waals surface area contributed by atoms with Crippen LogP contribution in [0.3, 0.4) is 0 Å². The van der Waals surface area contributed by atoms with Gasteiger partial charge >= 0.3 is 17.9 Å². The highest BCUT2D eigenvalue weighted by Gasteiger charge is 2.23. The molecule has 1 aromatic heterocycles. The molecule has 0 spiro atoms. The van der Waals surface area contributed by atoms with Crippen LogP contribution in [0.4, 0.5) is 0 Å². The molecule has 0 unspecified atom stereocenters. The molecule has 1 heterocycles.